The molecule has 0 bridgehead atoms. The Morgan fingerprint density at radius 2 is 1.86 bits per heavy atom. The van der Waals surface area contributed by atoms with E-state index >= 15 is 0 Å². The second-order valence-electron chi connectivity index (χ2n) is 5.44. The minimum Gasteiger partial charge on any atom is -0.363 e. The van der Waals surface area contributed by atoms with E-state index in [-0.39, 0.29) is 5.92 Å². The second kappa shape index (κ2) is 7.22. The molecule has 0 saturated heterocycles. The van der Waals surface area contributed by atoms with Gasteiger partial charge < -0.3 is 4.90 Å². The fraction of sp³-hybridized carbons (Fsp3) is 0.312. The summed E-state index contributed by atoms with van der Waals surface area (Å²) in [5.74, 6) is 2.56. The average molecular weight is 318 g/mol. The first-order chi connectivity index (χ1) is 10.5. The molecule has 1 aromatic carbocycles. The summed E-state index contributed by atoms with van der Waals surface area (Å²) >= 11 is 5.85. The van der Waals surface area contributed by atoms with Gasteiger partial charge in [-0.2, -0.15) is 5.10 Å². The summed E-state index contributed by atoms with van der Waals surface area (Å²) in [5, 5.41) is 4.92. The molecule has 6 heteroatoms. The van der Waals surface area contributed by atoms with E-state index in [0.717, 1.165) is 17.2 Å². The Labute approximate surface area is 136 Å². The first kappa shape index (κ1) is 16.2. The predicted octanol–water partition coefficient (Wildman–Crippen LogP) is 3.77. The highest BCUT2D eigenvalue weighted by molar-refractivity contribution is 6.30. The molecule has 1 N–H and O–H groups in total. The van der Waals surface area contributed by atoms with Crippen molar-refractivity contribution < 1.29 is 0 Å². The summed E-state index contributed by atoms with van der Waals surface area (Å²) in [4.78, 5) is 10.9. The van der Waals surface area contributed by atoms with Crippen LogP contribution in [0, 0.1) is 0 Å². The van der Waals surface area contributed by atoms with E-state index in [1.807, 2.05) is 49.3 Å². The molecule has 0 atom stereocenters. The maximum Gasteiger partial charge on any atom is 0.152 e. The summed E-state index contributed by atoms with van der Waals surface area (Å²) in [6, 6.07) is 9.32. The number of anilines is 2. The van der Waals surface area contributed by atoms with E-state index in [1.165, 1.54) is 0 Å². The summed E-state index contributed by atoms with van der Waals surface area (Å²) in [7, 11) is 3.90. The van der Waals surface area contributed by atoms with E-state index in [2.05, 4.69) is 34.3 Å². The topological polar surface area (TPSA) is 53.4 Å². The zero-order chi connectivity index (χ0) is 16.1. The van der Waals surface area contributed by atoms with Crippen molar-refractivity contribution >= 4 is 29.5 Å². The zero-order valence-corrected chi connectivity index (χ0v) is 14.0. The molecular formula is C16H20ClN5. The number of hydrogen-bond acceptors (Lipinski definition) is 5. The van der Waals surface area contributed by atoms with Crippen LogP contribution in [0.5, 0.6) is 0 Å². The molecule has 0 aliphatic carbocycles. The van der Waals surface area contributed by atoms with Crippen LogP contribution in [0.3, 0.4) is 0 Å². The van der Waals surface area contributed by atoms with Crippen molar-refractivity contribution in [3.63, 3.8) is 0 Å². The molecule has 1 heterocycles. The largest absolute Gasteiger partial charge is 0.363 e. The lowest BCUT2D eigenvalue weighted by atomic mass is 10.2. The Morgan fingerprint density at radius 3 is 2.45 bits per heavy atom. The van der Waals surface area contributed by atoms with E-state index in [1.54, 1.807) is 6.21 Å². The van der Waals surface area contributed by atoms with Gasteiger partial charge in [0.25, 0.3) is 0 Å². The molecule has 1 aromatic heterocycles. The smallest absolute Gasteiger partial charge is 0.152 e. The van der Waals surface area contributed by atoms with Crippen molar-refractivity contribution in [2.24, 2.45) is 5.10 Å². The van der Waals surface area contributed by atoms with E-state index < -0.39 is 0 Å². The van der Waals surface area contributed by atoms with Gasteiger partial charge in [0, 0.05) is 31.1 Å². The van der Waals surface area contributed by atoms with Crippen molar-refractivity contribution in [1.29, 1.82) is 0 Å². The summed E-state index contributed by atoms with van der Waals surface area (Å²) < 4.78 is 0. The molecule has 22 heavy (non-hydrogen) atoms. The van der Waals surface area contributed by atoms with Crippen LogP contribution in [0.1, 0.15) is 31.2 Å². The van der Waals surface area contributed by atoms with Crippen molar-refractivity contribution in [2.45, 2.75) is 19.8 Å². The Hall–Kier alpha value is -2.14. The van der Waals surface area contributed by atoms with Crippen LogP contribution in [0.4, 0.5) is 11.6 Å². The maximum absolute atomic E-state index is 5.85. The van der Waals surface area contributed by atoms with Crippen LogP contribution in [0.2, 0.25) is 5.02 Å². The molecule has 2 rings (SSSR count). The highest BCUT2D eigenvalue weighted by Gasteiger charge is 2.08. The standard InChI is InChI=1S/C16H20ClN5/c1-11(2)16-19-14(9-15(20-16)22(3)4)21-18-10-12-5-7-13(17)8-6-12/h5-11H,1-4H3,(H,19,20,21)/b18-10-. The molecule has 0 saturated carbocycles. The van der Waals surface area contributed by atoms with Crippen LogP contribution in [0.25, 0.3) is 0 Å². The Morgan fingerprint density at radius 1 is 1.18 bits per heavy atom. The number of halogens is 1. The second-order valence-corrected chi connectivity index (χ2v) is 5.88. The number of rotatable bonds is 5. The van der Waals surface area contributed by atoms with Gasteiger partial charge in [0.2, 0.25) is 0 Å². The van der Waals surface area contributed by atoms with Crippen molar-refractivity contribution in [3.8, 4) is 0 Å². The van der Waals surface area contributed by atoms with Crippen LogP contribution < -0.4 is 10.3 Å². The van der Waals surface area contributed by atoms with Crippen molar-refractivity contribution in [3.05, 3.63) is 46.7 Å². The first-order valence-electron chi connectivity index (χ1n) is 7.06. The Kier molecular flexibility index (Phi) is 5.33. The van der Waals surface area contributed by atoms with Gasteiger partial charge in [0.15, 0.2) is 5.82 Å². The number of nitrogens with one attached hydrogen (secondary N) is 1. The average Bonchev–Trinajstić information content (AvgIpc) is 2.49. The van der Waals surface area contributed by atoms with Gasteiger partial charge in [0.1, 0.15) is 11.6 Å². The minimum absolute atomic E-state index is 0.251. The van der Waals surface area contributed by atoms with Crippen LogP contribution >= 0.6 is 11.6 Å². The fourth-order valence-corrected chi connectivity index (χ4v) is 1.84. The third-order valence-corrected chi connectivity index (χ3v) is 3.22. The summed E-state index contributed by atoms with van der Waals surface area (Å²) in [6.07, 6.45) is 1.73. The van der Waals surface area contributed by atoms with Gasteiger partial charge in [-0.25, -0.2) is 9.97 Å². The number of hydrazone groups is 1. The van der Waals surface area contributed by atoms with Crippen molar-refractivity contribution in [1.82, 2.24) is 9.97 Å². The van der Waals surface area contributed by atoms with Crippen molar-refractivity contribution in [2.75, 3.05) is 24.4 Å². The molecule has 0 fully saturated rings. The quantitative estimate of drug-likeness (QED) is 0.674. The zero-order valence-electron chi connectivity index (χ0n) is 13.2. The van der Waals surface area contributed by atoms with E-state index in [4.69, 9.17) is 11.6 Å². The molecule has 0 radical (unpaired) electrons. The molecular weight excluding hydrogens is 298 g/mol. The monoisotopic (exact) mass is 317 g/mol. The lowest BCUT2D eigenvalue weighted by Gasteiger charge is -2.15. The Bertz CT molecular complexity index is 624. The summed E-state index contributed by atoms with van der Waals surface area (Å²) in [5.41, 5.74) is 3.92. The number of aromatic nitrogens is 2. The molecule has 0 unspecified atom stereocenters. The number of nitrogens with zero attached hydrogens (tertiary/aromatic N) is 4. The van der Waals surface area contributed by atoms with Gasteiger partial charge in [-0.05, 0) is 17.7 Å². The van der Waals surface area contributed by atoms with Gasteiger partial charge >= 0.3 is 0 Å². The maximum atomic E-state index is 5.85. The van der Waals surface area contributed by atoms with Crippen LogP contribution in [-0.2, 0) is 0 Å². The van der Waals surface area contributed by atoms with E-state index in [0.29, 0.717) is 10.8 Å². The molecule has 116 valence electrons. The first-order valence-corrected chi connectivity index (χ1v) is 7.44. The lowest BCUT2D eigenvalue weighted by Crippen LogP contribution is -2.13. The molecule has 5 nitrogen and oxygen atoms in total. The number of hydrogen-bond donors (Lipinski definition) is 1. The van der Waals surface area contributed by atoms with Gasteiger partial charge in [-0.1, -0.05) is 37.6 Å². The third-order valence-electron chi connectivity index (χ3n) is 2.97. The van der Waals surface area contributed by atoms with Crippen LogP contribution in [-0.4, -0.2) is 30.3 Å². The molecule has 0 aliphatic heterocycles. The lowest BCUT2D eigenvalue weighted by molar-refractivity contribution is 0.771. The minimum atomic E-state index is 0.251. The summed E-state index contributed by atoms with van der Waals surface area (Å²) in [6.45, 7) is 4.13. The predicted molar refractivity (Wildman–Crippen MR) is 93.1 cm³/mol. The highest BCUT2D eigenvalue weighted by Crippen LogP contribution is 2.18. The molecule has 2 aromatic rings. The van der Waals surface area contributed by atoms with Gasteiger partial charge in [-0.3, -0.25) is 5.43 Å². The fourth-order valence-electron chi connectivity index (χ4n) is 1.72. The van der Waals surface area contributed by atoms with Gasteiger partial charge in [0.05, 0.1) is 6.21 Å². The number of benzene rings is 1. The van der Waals surface area contributed by atoms with Crippen LogP contribution in [0.15, 0.2) is 35.4 Å². The Balaban J connectivity index is 2.16. The third kappa shape index (κ3) is 4.43. The normalized spacial score (nSPS) is 11.2. The SMILES string of the molecule is CC(C)c1nc(N/N=C\c2ccc(Cl)cc2)cc(N(C)C)n1. The molecule has 0 spiro atoms. The van der Waals surface area contributed by atoms with Gasteiger partial charge in [-0.15, -0.1) is 0 Å². The molecule has 0 aliphatic rings. The highest BCUT2D eigenvalue weighted by atomic mass is 35.5. The molecule has 0 amide bonds. The van der Waals surface area contributed by atoms with E-state index in [9.17, 15) is 0 Å².